The highest BCUT2D eigenvalue weighted by molar-refractivity contribution is 8.01. The van der Waals surface area contributed by atoms with Gasteiger partial charge in [-0.2, -0.15) is 0 Å². The van der Waals surface area contributed by atoms with Gasteiger partial charge in [-0.05, 0) is 26.0 Å². The van der Waals surface area contributed by atoms with Crippen LogP contribution in [-0.2, 0) is 4.74 Å². The molecule has 0 amide bonds. The lowest BCUT2D eigenvalue weighted by atomic mass is 10.3. The summed E-state index contributed by atoms with van der Waals surface area (Å²) in [5, 5.41) is 21.9. The van der Waals surface area contributed by atoms with Gasteiger partial charge in [0.2, 0.25) is 5.13 Å². The zero-order valence-corrected chi connectivity index (χ0v) is 15.0. The Morgan fingerprint density at radius 2 is 2.17 bits per heavy atom. The standard InChI is InChI=1S/C15H21N3O3S2/c1-10(2)21-8-12(19)9-22-15-18-17-14(23-15)16-11-5-4-6-13(7-11)20-3/h4-7,10,12,19H,8-9H2,1-3H3,(H,16,17)/t12-/m1/s1. The summed E-state index contributed by atoms with van der Waals surface area (Å²) in [6.07, 6.45) is -0.393. The molecule has 1 atom stereocenters. The first-order valence-corrected chi connectivity index (χ1v) is 9.04. The van der Waals surface area contributed by atoms with Crippen molar-refractivity contribution in [2.45, 2.75) is 30.4 Å². The fourth-order valence-electron chi connectivity index (χ4n) is 1.66. The van der Waals surface area contributed by atoms with Gasteiger partial charge in [-0.25, -0.2) is 0 Å². The quantitative estimate of drug-likeness (QED) is 0.669. The minimum Gasteiger partial charge on any atom is -0.497 e. The molecule has 0 fully saturated rings. The highest BCUT2D eigenvalue weighted by Crippen LogP contribution is 2.29. The molecule has 0 radical (unpaired) electrons. The maximum atomic E-state index is 9.84. The van der Waals surface area contributed by atoms with E-state index in [4.69, 9.17) is 9.47 Å². The first-order valence-electron chi connectivity index (χ1n) is 7.24. The summed E-state index contributed by atoms with van der Waals surface area (Å²) in [5.74, 6) is 1.31. The molecule has 0 unspecified atom stereocenters. The molecule has 1 heterocycles. The Balaban J connectivity index is 1.83. The molecule has 6 nitrogen and oxygen atoms in total. The number of methoxy groups -OCH3 is 1. The number of hydrogen-bond donors (Lipinski definition) is 2. The minimum absolute atomic E-state index is 0.120. The molecule has 2 aromatic rings. The van der Waals surface area contributed by atoms with Crippen LogP contribution in [0, 0.1) is 0 Å². The molecule has 2 rings (SSSR count). The second kappa shape index (κ2) is 9.07. The Morgan fingerprint density at radius 1 is 1.35 bits per heavy atom. The van der Waals surface area contributed by atoms with Gasteiger partial charge in [-0.3, -0.25) is 0 Å². The average Bonchev–Trinajstić information content (AvgIpc) is 2.98. The monoisotopic (exact) mass is 355 g/mol. The topological polar surface area (TPSA) is 76.5 Å². The van der Waals surface area contributed by atoms with Crippen molar-refractivity contribution in [1.82, 2.24) is 10.2 Å². The first-order chi connectivity index (χ1) is 11.1. The number of nitrogens with zero attached hydrogens (tertiary/aromatic N) is 2. The van der Waals surface area contributed by atoms with Gasteiger partial charge in [-0.15, -0.1) is 10.2 Å². The van der Waals surface area contributed by atoms with E-state index in [1.807, 2.05) is 38.1 Å². The largest absolute Gasteiger partial charge is 0.497 e. The number of rotatable bonds is 9. The third-order valence-electron chi connectivity index (χ3n) is 2.75. The third-order valence-corrected chi connectivity index (χ3v) is 4.87. The SMILES string of the molecule is COc1cccc(Nc2nnc(SC[C@H](O)COC(C)C)s2)c1. The van der Waals surface area contributed by atoms with Crippen molar-refractivity contribution in [3.63, 3.8) is 0 Å². The summed E-state index contributed by atoms with van der Waals surface area (Å²) in [4.78, 5) is 0. The van der Waals surface area contributed by atoms with E-state index in [-0.39, 0.29) is 6.10 Å². The summed E-state index contributed by atoms with van der Waals surface area (Å²) < 4.78 is 11.4. The molecule has 126 valence electrons. The lowest BCUT2D eigenvalue weighted by molar-refractivity contribution is 0.0152. The molecule has 1 aromatic heterocycles. The number of hydrogen-bond acceptors (Lipinski definition) is 8. The Kier molecular flexibility index (Phi) is 7.10. The second-order valence-electron chi connectivity index (χ2n) is 5.08. The van der Waals surface area contributed by atoms with Gasteiger partial charge in [0.05, 0.1) is 25.9 Å². The molecule has 23 heavy (non-hydrogen) atoms. The summed E-state index contributed by atoms with van der Waals surface area (Å²) >= 11 is 2.91. The van der Waals surface area contributed by atoms with Crippen LogP contribution in [0.25, 0.3) is 0 Å². The van der Waals surface area contributed by atoms with Crippen LogP contribution in [0.4, 0.5) is 10.8 Å². The van der Waals surface area contributed by atoms with E-state index < -0.39 is 6.10 Å². The van der Waals surface area contributed by atoms with E-state index in [1.165, 1.54) is 23.1 Å². The van der Waals surface area contributed by atoms with Gasteiger partial charge in [-0.1, -0.05) is 29.2 Å². The summed E-state index contributed by atoms with van der Waals surface area (Å²) in [6, 6.07) is 7.61. The van der Waals surface area contributed by atoms with Crippen molar-refractivity contribution in [3.05, 3.63) is 24.3 Å². The number of aliphatic hydroxyl groups is 1. The van der Waals surface area contributed by atoms with Crippen molar-refractivity contribution in [1.29, 1.82) is 0 Å². The molecule has 0 saturated heterocycles. The van der Waals surface area contributed by atoms with Gasteiger partial charge >= 0.3 is 0 Å². The van der Waals surface area contributed by atoms with Gasteiger partial charge in [0.15, 0.2) is 4.34 Å². The zero-order chi connectivity index (χ0) is 16.7. The Morgan fingerprint density at radius 3 is 2.91 bits per heavy atom. The molecule has 0 aliphatic carbocycles. The minimum atomic E-state index is -0.513. The number of benzene rings is 1. The van der Waals surface area contributed by atoms with Gasteiger partial charge in [0.25, 0.3) is 0 Å². The van der Waals surface area contributed by atoms with E-state index in [2.05, 4.69) is 15.5 Å². The highest BCUT2D eigenvalue weighted by Gasteiger charge is 2.10. The van der Waals surface area contributed by atoms with Gasteiger partial charge < -0.3 is 19.9 Å². The zero-order valence-electron chi connectivity index (χ0n) is 13.4. The Labute approximate surface area is 144 Å². The predicted octanol–water partition coefficient (Wildman–Crippen LogP) is 3.17. The van der Waals surface area contributed by atoms with Gasteiger partial charge in [0, 0.05) is 17.5 Å². The number of ether oxygens (including phenoxy) is 2. The maximum absolute atomic E-state index is 9.84. The van der Waals surface area contributed by atoms with Crippen LogP contribution in [-0.4, -0.2) is 47.0 Å². The Hall–Kier alpha value is -1.35. The number of thioether (sulfide) groups is 1. The number of nitrogens with one attached hydrogen (secondary N) is 1. The molecular formula is C15H21N3O3S2. The van der Waals surface area contributed by atoms with Crippen LogP contribution in [0.15, 0.2) is 28.6 Å². The fourth-order valence-corrected chi connectivity index (χ4v) is 3.37. The molecule has 1 aromatic carbocycles. The molecule has 0 aliphatic heterocycles. The van der Waals surface area contributed by atoms with E-state index in [0.717, 1.165) is 15.8 Å². The summed E-state index contributed by atoms with van der Waals surface area (Å²) in [7, 11) is 1.63. The van der Waals surface area contributed by atoms with Crippen molar-refractivity contribution in [3.8, 4) is 5.75 Å². The van der Waals surface area contributed by atoms with Crippen molar-refractivity contribution in [2.24, 2.45) is 0 Å². The molecule has 2 N–H and O–H groups in total. The van der Waals surface area contributed by atoms with Crippen molar-refractivity contribution in [2.75, 3.05) is 24.8 Å². The van der Waals surface area contributed by atoms with E-state index in [0.29, 0.717) is 17.5 Å². The maximum Gasteiger partial charge on any atom is 0.210 e. The van der Waals surface area contributed by atoms with Crippen LogP contribution in [0.3, 0.4) is 0 Å². The predicted molar refractivity (Wildman–Crippen MR) is 94.0 cm³/mol. The van der Waals surface area contributed by atoms with Crippen molar-refractivity contribution < 1.29 is 14.6 Å². The lowest BCUT2D eigenvalue weighted by Crippen LogP contribution is -2.20. The van der Waals surface area contributed by atoms with Crippen LogP contribution < -0.4 is 10.1 Å². The fraction of sp³-hybridized carbons (Fsp3) is 0.467. The molecule has 0 spiro atoms. The van der Waals surface area contributed by atoms with E-state index in [1.54, 1.807) is 7.11 Å². The smallest absolute Gasteiger partial charge is 0.210 e. The molecular weight excluding hydrogens is 334 g/mol. The molecule has 0 aliphatic rings. The van der Waals surface area contributed by atoms with Gasteiger partial charge in [0.1, 0.15) is 5.75 Å². The number of aromatic nitrogens is 2. The summed E-state index contributed by atoms with van der Waals surface area (Å²) in [5.41, 5.74) is 0.891. The highest BCUT2D eigenvalue weighted by atomic mass is 32.2. The lowest BCUT2D eigenvalue weighted by Gasteiger charge is -2.12. The number of anilines is 2. The first kappa shape index (κ1) is 18.0. The average molecular weight is 355 g/mol. The van der Waals surface area contributed by atoms with Crippen LogP contribution in [0.1, 0.15) is 13.8 Å². The van der Waals surface area contributed by atoms with E-state index >= 15 is 0 Å². The van der Waals surface area contributed by atoms with Crippen LogP contribution in [0.5, 0.6) is 5.75 Å². The normalized spacial score (nSPS) is 12.4. The number of aliphatic hydroxyl groups excluding tert-OH is 1. The van der Waals surface area contributed by atoms with E-state index in [9.17, 15) is 5.11 Å². The molecule has 0 bridgehead atoms. The summed E-state index contributed by atoms with van der Waals surface area (Å²) in [6.45, 7) is 4.22. The second-order valence-corrected chi connectivity index (χ2v) is 7.32. The third kappa shape index (κ3) is 6.34. The molecule has 0 saturated carbocycles. The van der Waals surface area contributed by atoms with Crippen LogP contribution >= 0.6 is 23.1 Å². The van der Waals surface area contributed by atoms with Crippen molar-refractivity contribution >= 4 is 33.9 Å². The molecule has 8 heteroatoms. The Bertz CT molecular complexity index is 607. The van der Waals surface area contributed by atoms with Crippen LogP contribution in [0.2, 0.25) is 0 Å².